The van der Waals surface area contributed by atoms with Crippen LogP contribution in [0.2, 0.25) is 0 Å². The summed E-state index contributed by atoms with van der Waals surface area (Å²) in [5, 5.41) is 3.25. The standard InChI is InChI=1S/C15H20F3NO2/c1-20-14(21-2)13-9-19-8-11(13)6-10-4-3-5-12(7-10)15(16,17)18/h3-5,7,11,13-14,19H,6,8-9H2,1-2H3/t11-,13-/m0/s1. The van der Waals surface area contributed by atoms with Crippen LogP contribution in [0, 0.1) is 11.8 Å². The molecule has 0 bridgehead atoms. The van der Waals surface area contributed by atoms with Gasteiger partial charge < -0.3 is 14.8 Å². The summed E-state index contributed by atoms with van der Waals surface area (Å²) < 4.78 is 48.8. The maximum Gasteiger partial charge on any atom is 0.416 e. The zero-order chi connectivity index (χ0) is 15.5. The smallest absolute Gasteiger partial charge is 0.356 e. The molecule has 0 saturated carbocycles. The lowest BCUT2D eigenvalue weighted by Crippen LogP contribution is -2.31. The largest absolute Gasteiger partial charge is 0.416 e. The van der Waals surface area contributed by atoms with Gasteiger partial charge in [0.15, 0.2) is 6.29 Å². The summed E-state index contributed by atoms with van der Waals surface area (Å²) in [4.78, 5) is 0. The highest BCUT2D eigenvalue weighted by Crippen LogP contribution is 2.31. The van der Waals surface area contributed by atoms with Gasteiger partial charge in [-0.25, -0.2) is 0 Å². The van der Waals surface area contributed by atoms with Crippen molar-refractivity contribution >= 4 is 0 Å². The van der Waals surface area contributed by atoms with Crippen molar-refractivity contribution in [2.45, 2.75) is 18.9 Å². The van der Waals surface area contributed by atoms with Gasteiger partial charge in [0.25, 0.3) is 0 Å². The van der Waals surface area contributed by atoms with Gasteiger partial charge in [-0.2, -0.15) is 13.2 Å². The van der Waals surface area contributed by atoms with Crippen LogP contribution in [-0.4, -0.2) is 33.6 Å². The van der Waals surface area contributed by atoms with E-state index >= 15 is 0 Å². The summed E-state index contributed by atoms with van der Waals surface area (Å²) in [6, 6.07) is 5.52. The van der Waals surface area contributed by atoms with Crippen LogP contribution >= 0.6 is 0 Å². The highest BCUT2D eigenvalue weighted by atomic mass is 19.4. The number of hydrogen-bond donors (Lipinski definition) is 1. The molecule has 2 rings (SSSR count). The molecular formula is C15H20F3NO2. The predicted molar refractivity (Wildman–Crippen MR) is 72.8 cm³/mol. The average molecular weight is 303 g/mol. The van der Waals surface area contributed by atoms with Crippen molar-refractivity contribution in [3.63, 3.8) is 0 Å². The second-order valence-corrected chi connectivity index (χ2v) is 5.32. The van der Waals surface area contributed by atoms with Gasteiger partial charge >= 0.3 is 6.18 Å². The zero-order valence-electron chi connectivity index (χ0n) is 12.1. The molecule has 21 heavy (non-hydrogen) atoms. The van der Waals surface area contributed by atoms with E-state index in [9.17, 15) is 13.2 Å². The van der Waals surface area contributed by atoms with Crippen LogP contribution in [0.3, 0.4) is 0 Å². The summed E-state index contributed by atoms with van der Waals surface area (Å²) in [5.74, 6) is 0.327. The lowest BCUT2D eigenvalue weighted by Gasteiger charge is -2.25. The number of rotatable bonds is 5. The Kier molecular flexibility index (Phi) is 5.24. The third-order valence-corrected chi connectivity index (χ3v) is 3.96. The fourth-order valence-electron chi connectivity index (χ4n) is 2.92. The van der Waals surface area contributed by atoms with Gasteiger partial charge in [-0.3, -0.25) is 0 Å². The molecule has 1 N–H and O–H groups in total. The maximum atomic E-state index is 12.7. The summed E-state index contributed by atoms with van der Waals surface area (Å²) in [7, 11) is 3.15. The first kappa shape index (κ1) is 16.3. The van der Waals surface area contributed by atoms with Crippen LogP contribution in [0.1, 0.15) is 11.1 Å². The molecule has 0 radical (unpaired) electrons. The number of ether oxygens (including phenoxy) is 2. The number of hydrogen-bond acceptors (Lipinski definition) is 3. The van der Waals surface area contributed by atoms with E-state index in [0.29, 0.717) is 12.0 Å². The third-order valence-electron chi connectivity index (χ3n) is 3.96. The number of benzene rings is 1. The number of nitrogens with one attached hydrogen (secondary N) is 1. The third kappa shape index (κ3) is 3.96. The Morgan fingerprint density at radius 2 is 1.95 bits per heavy atom. The Bertz CT molecular complexity index is 460. The summed E-state index contributed by atoms with van der Waals surface area (Å²) in [6.07, 6.45) is -4.06. The zero-order valence-corrected chi connectivity index (χ0v) is 12.1. The van der Waals surface area contributed by atoms with Crippen LogP contribution in [0.15, 0.2) is 24.3 Å². The first-order valence-corrected chi connectivity index (χ1v) is 6.88. The van der Waals surface area contributed by atoms with Crippen LogP contribution in [0.4, 0.5) is 13.2 Å². The normalized spacial score (nSPS) is 23.0. The van der Waals surface area contributed by atoms with Crippen molar-refractivity contribution in [2.75, 3.05) is 27.3 Å². The topological polar surface area (TPSA) is 30.5 Å². The van der Waals surface area contributed by atoms with Crippen molar-refractivity contribution in [3.8, 4) is 0 Å². The fraction of sp³-hybridized carbons (Fsp3) is 0.600. The first-order chi connectivity index (χ1) is 9.95. The monoisotopic (exact) mass is 303 g/mol. The van der Waals surface area contributed by atoms with E-state index in [1.165, 1.54) is 12.1 Å². The molecule has 3 nitrogen and oxygen atoms in total. The highest BCUT2D eigenvalue weighted by Gasteiger charge is 2.35. The van der Waals surface area contributed by atoms with E-state index in [0.717, 1.165) is 19.2 Å². The molecular weight excluding hydrogens is 283 g/mol. The van der Waals surface area contributed by atoms with Crippen LogP contribution in [0.25, 0.3) is 0 Å². The predicted octanol–water partition coefficient (Wildman–Crippen LogP) is 2.70. The molecule has 1 heterocycles. The number of methoxy groups -OCH3 is 2. The Hall–Kier alpha value is -1.11. The molecule has 0 unspecified atom stereocenters. The Labute approximate surface area is 122 Å². The van der Waals surface area contributed by atoms with E-state index in [1.807, 2.05) is 0 Å². The van der Waals surface area contributed by atoms with Gasteiger partial charge in [-0.1, -0.05) is 18.2 Å². The molecule has 0 aliphatic carbocycles. The van der Waals surface area contributed by atoms with Crippen molar-refractivity contribution in [2.24, 2.45) is 11.8 Å². The van der Waals surface area contributed by atoms with E-state index < -0.39 is 11.7 Å². The molecule has 1 aliphatic rings. The van der Waals surface area contributed by atoms with Crippen molar-refractivity contribution < 1.29 is 22.6 Å². The lowest BCUT2D eigenvalue weighted by atomic mass is 9.88. The van der Waals surface area contributed by atoms with E-state index in [1.54, 1.807) is 20.3 Å². The molecule has 1 saturated heterocycles. The van der Waals surface area contributed by atoms with Crippen molar-refractivity contribution in [1.82, 2.24) is 5.32 Å². The van der Waals surface area contributed by atoms with E-state index in [2.05, 4.69) is 5.32 Å². The average Bonchev–Trinajstić information content (AvgIpc) is 2.88. The van der Waals surface area contributed by atoms with Crippen molar-refractivity contribution in [1.29, 1.82) is 0 Å². The van der Waals surface area contributed by atoms with Crippen LogP contribution in [0.5, 0.6) is 0 Å². The van der Waals surface area contributed by atoms with Gasteiger partial charge in [0, 0.05) is 26.7 Å². The molecule has 6 heteroatoms. The first-order valence-electron chi connectivity index (χ1n) is 6.88. The molecule has 118 valence electrons. The molecule has 0 amide bonds. The Morgan fingerprint density at radius 1 is 1.24 bits per heavy atom. The summed E-state index contributed by atoms with van der Waals surface area (Å²) in [5.41, 5.74) is 0.0898. The van der Waals surface area contributed by atoms with Crippen LogP contribution in [-0.2, 0) is 22.1 Å². The van der Waals surface area contributed by atoms with Gasteiger partial charge in [-0.15, -0.1) is 0 Å². The summed E-state index contributed by atoms with van der Waals surface area (Å²) in [6.45, 7) is 1.50. The number of alkyl halides is 3. The molecule has 1 aromatic rings. The Morgan fingerprint density at radius 3 is 2.57 bits per heavy atom. The minimum absolute atomic E-state index is 0.134. The lowest BCUT2D eigenvalue weighted by molar-refractivity contribution is -0.141. The van der Waals surface area contributed by atoms with Crippen molar-refractivity contribution in [3.05, 3.63) is 35.4 Å². The molecule has 2 atom stereocenters. The summed E-state index contributed by atoms with van der Waals surface area (Å²) >= 11 is 0. The second-order valence-electron chi connectivity index (χ2n) is 5.32. The highest BCUT2D eigenvalue weighted by molar-refractivity contribution is 5.26. The molecule has 1 aromatic carbocycles. The second kappa shape index (κ2) is 6.77. The fourth-order valence-corrected chi connectivity index (χ4v) is 2.92. The Balaban J connectivity index is 2.10. The van der Waals surface area contributed by atoms with E-state index in [-0.39, 0.29) is 18.1 Å². The van der Waals surface area contributed by atoms with Gasteiger partial charge in [0.1, 0.15) is 0 Å². The molecule has 0 spiro atoms. The molecule has 0 aromatic heterocycles. The van der Waals surface area contributed by atoms with E-state index in [4.69, 9.17) is 9.47 Å². The van der Waals surface area contributed by atoms with Gasteiger partial charge in [0.2, 0.25) is 0 Å². The molecule has 1 aliphatic heterocycles. The quantitative estimate of drug-likeness (QED) is 0.849. The van der Waals surface area contributed by atoms with Gasteiger partial charge in [-0.05, 0) is 30.5 Å². The SMILES string of the molecule is COC(OC)[C@H]1CNC[C@@H]1Cc1cccc(C(F)(F)F)c1. The molecule has 1 fully saturated rings. The van der Waals surface area contributed by atoms with Gasteiger partial charge in [0.05, 0.1) is 5.56 Å². The van der Waals surface area contributed by atoms with Crippen LogP contribution < -0.4 is 5.32 Å². The number of halogens is 3. The minimum atomic E-state index is -4.30. The minimum Gasteiger partial charge on any atom is -0.356 e. The maximum absolute atomic E-state index is 12.7.